The number of amides is 5. The lowest BCUT2D eigenvalue weighted by Gasteiger charge is -2.40. The predicted molar refractivity (Wildman–Crippen MR) is 454 cm³/mol. The van der Waals surface area contributed by atoms with E-state index in [1.54, 1.807) is 45.2 Å². The van der Waals surface area contributed by atoms with Crippen molar-refractivity contribution >= 4 is 87.9 Å². The number of aryl methyl sites for hydroxylation is 3. The fourth-order valence-corrected chi connectivity index (χ4v) is 17.7. The second-order valence-corrected chi connectivity index (χ2v) is 34.1. The number of rotatable bonds is 13. The van der Waals surface area contributed by atoms with Crippen LogP contribution in [0.4, 0.5) is 14.4 Å². The van der Waals surface area contributed by atoms with Crippen LogP contribution >= 0.6 is 34.8 Å². The molecule has 3 aromatic carbocycles. The van der Waals surface area contributed by atoms with E-state index < -0.39 is 5.60 Å². The molecule has 3 saturated heterocycles. The summed E-state index contributed by atoms with van der Waals surface area (Å²) in [5.41, 5.74) is 17.6. The van der Waals surface area contributed by atoms with Crippen LogP contribution in [0, 0.1) is 0 Å². The molecule has 6 atom stereocenters. The highest BCUT2D eigenvalue weighted by atomic mass is 35.5. The van der Waals surface area contributed by atoms with Crippen LogP contribution in [0.15, 0.2) is 147 Å². The maximum Gasteiger partial charge on any atom is 0.410 e. The number of pyridine rings is 3. The topological polar surface area (TPSA) is 224 Å². The van der Waals surface area contributed by atoms with Crippen molar-refractivity contribution in [1.82, 2.24) is 83.6 Å². The van der Waals surface area contributed by atoms with Gasteiger partial charge in [0.2, 0.25) is 0 Å². The van der Waals surface area contributed by atoms with E-state index in [1.807, 2.05) is 178 Å². The Kier molecular flexibility index (Phi) is 25.8. The summed E-state index contributed by atoms with van der Waals surface area (Å²) in [6, 6.07) is 30.5. The third-order valence-electron chi connectivity index (χ3n) is 22.8. The first-order valence-electron chi connectivity index (χ1n) is 40.0. The van der Waals surface area contributed by atoms with Gasteiger partial charge < -0.3 is 58.0 Å². The number of nitrogens with one attached hydrogen (secondary N) is 2. The van der Waals surface area contributed by atoms with E-state index in [0.717, 1.165) is 140 Å². The molecule has 0 bridgehead atoms. The van der Waals surface area contributed by atoms with Crippen molar-refractivity contribution in [2.24, 2.45) is 21.1 Å². The molecule has 2 N–H and O–H groups in total. The van der Waals surface area contributed by atoms with Crippen molar-refractivity contribution < 1.29 is 33.3 Å². The summed E-state index contributed by atoms with van der Waals surface area (Å²) in [6.07, 6.45) is 27.5. The molecule has 9 heterocycles. The quantitative estimate of drug-likeness (QED) is 0.109. The van der Waals surface area contributed by atoms with Gasteiger partial charge in [-0.25, -0.2) is 29.3 Å². The lowest BCUT2D eigenvalue weighted by Crippen LogP contribution is -2.55. The zero-order valence-corrected chi connectivity index (χ0v) is 70.6. The van der Waals surface area contributed by atoms with E-state index in [-0.39, 0.29) is 60.1 Å². The number of carbonyl (C=O) groups excluding carboxylic acids is 3. The maximum absolute atomic E-state index is 13.1. The third kappa shape index (κ3) is 18.4. The Bertz CT molecular complexity index is 4880. The largest absolute Gasteiger partial charge is 0.444 e. The molecule has 3 aliphatic heterocycles. The van der Waals surface area contributed by atoms with Crippen LogP contribution in [0.2, 0.25) is 15.1 Å². The standard InChI is InChI=1S/C31H37ClN6O2.C29H35ClN6O2.C29H34ClN5O3/c1-36-20-33-19-27(36)30(40-2)26-17-21-7-6-12-34-28(21)29(24-11-10-22(32)18-25(24)26)37-13-15-38(16-14-37)31(39)35-23-8-4-3-5-9-23;1-29(2,3)33-28(37)36-13-11-35(12-14-36)26-21-9-8-20(30)16-22(21)23(15-19-7-6-10-32-25(19)26)27(38-5)24-17-31-18-34(24)4;1-29(2,3)38-28(36)35-13-11-34(12-14-35)26-21-9-8-20(30)16-22(21)23(15-19-7-6-10-32-25(19)26)27(37-5)24-17-31-18-33(24)4/h6-7,10-12,17-20,23,29-30H,3-5,8-9,13-16H2,1-2H3,(H,35,39);6-10,15-18,26-27H,11-14H2,1-5H3,(H,33,37);6-10,15-18,26-27H,11-14H2,1-5H3/t29-,30?;2*26-,27?/m000/s1. The Morgan fingerprint density at radius 1 is 0.448 bits per heavy atom. The number of methoxy groups -OCH3 is 3. The lowest BCUT2D eigenvalue weighted by molar-refractivity contribution is 0.0117. The minimum atomic E-state index is -0.523. The minimum absolute atomic E-state index is 0.0215. The fourth-order valence-electron chi connectivity index (χ4n) is 17.2. The molecule has 27 heteroatoms. The van der Waals surface area contributed by atoms with E-state index in [4.69, 9.17) is 68.7 Å². The number of imidazole rings is 3. The molecular formula is C89H106Cl3N17O7. The van der Waals surface area contributed by atoms with Crippen molar-refractivity contribution in [2.75, 3.05) is 99.9 Å². The number of hydrogen-bond acceptors (Lipinski definition) is 16. The average Bonchev–Trinajstić information content (AvgIpc) is 1.60. The van der Waals surface area contributed by atoms with Crippen LogP contribution in [0.5, 0.6) is 0 Å². The number of piperazine rings is 3. The molecule has 1 saturated carbocycles. The van der Waals surface area contributed by atoms with Gasteiger partial charge in [0.25, 0.3) is 0 Å². The van der Waals surface area contributed by atoms with Gasteiger partial charge in [0.1, 0.15) is 23.9 Å². The first kappa shape index (κ1) is 82.9. The van der Waals surface area contributed by atoms with Gasteiger partial charge in [-0.1, -0.05) is 90.5 Å². The Morgan fingerprint density at radius 2 is 0.784 bits per heavy atom. The number of hydrogen-bond donors (Lipinski definition) is 2. The molecule has 5 amide bonds. The summed E-state index contributed by atoms with van der Waals surface area (Å²) in [5.74, 6) is 0. The molecule has 610 valence electrons. The number of halogens is 3. The zero-order chi connectivity index (χ0) is 81.7. The number of benzene rings is 3. The van der Waals surface area contributed by atoms with Crippen LogP contribution in [-0.4, -0.2) is 208 Å². The normalized spacial score (nSPS) is 19.4. The Labute approximate surface area is 695 Å². The van der Waals surface area contributed by atoms with Crippen molar-refractivity contribution in [3.8, 4) is 0 Å². The molecule has 9 aromatic rings. The number of carbonyl (C=O) groups is 3. The molecule has 116 heavy (non-hydrogen) atoms. The van der Waals surface area contributed by atoms with Crippen LogP contribution in [-0.2, 0) is 40.1 Å². The average molecular weight is 1630 g/mol. The molecule has 16 rings (SSSR count). The summed E-state index contributed by atoms with van der Waals surface area (Å²) in [7, 11) is 11.1. The van der Waals surface area contributed by atoms with Gasteiger partial charge in [0.15, 0.2) is 0 Å². The molecule has 24 nitrogen and oxygen atoms in total. The summed E-state index contributed by atoms with van der Waals surface area (Å²) in [4.78, 5) is 79.2. The van der Waals surface area contributed by atoms with E-state index >= 15 is 0 Å². The molecular weight excluding hydrogens is 1530 g/mol. The number of nitrogens with zero attached hydrogens (tertiary/aromatic N) is 15. The second kappa shape index (κ2) is 36.1. The summed E-state index contributed by atoms with van der Waals surface area (Å²) in [6.45, 7) is 19.8. The highest BCUT2D eigenvalue weighted by Gasteiger charge is 2.41. The maximum atomic E-state index is 13.1. The van der Waals surface area contributed by atoms with Gasteiger partial charge in [-0.15, -0.1) is 0 Å². The number of fused-ring (bicyclic) bond motifs is 6. The van der Waals surface area contributed by atoms with Crippen molar-refractivity contribution in [1.29, 1.82) is 0 Å². The van der Waals surface area contributed by atoms with E-state index in [9.17, 15) is 14.4 Å². The zero-order valence-electron chi connectivity index (χ0n) is 68.4. The van der Waals surface area contributed by atoms with Crippen LogP contribution in [0.1, 0.15) is 194 Å². The highest BCUT2D eigenvalue weighted by Crippen LogP contribution is 2.49. The molecule has 4 aliphatic carbocycles. The monoisotopic (exact) mass is 1630 g/mol. The molecule has 7 aliphatic rings. The Balaban J connectivity index is 0.000000144. The number of urea groups is 2. The van der Waals surface area contributed by atoms with Crippen molar-refractivity contribution in [2.45, 2.75) is 127 Å². The SMILES string of the molecule is COC(C1=Cc2cccnc2[C@@H](N2CCN(C(=O)NC(C)(C)C)CC2)c2ccc(Cl)cc21)c1cncn1C.COC(C1=Cc2cccnc2[C@@H](N2CCN(C(=O)NC3CCCCC3)CC2)c2ccc(Cl)cc21)c1cncn1C.COC(C1=Cc2cccnc2[C@@H](N2CCN(C(=O)OC(C)(C)C)CC2)c2ccc(Cl)cc21)c1cncn1C. The van der Waals surface area contributed by atoms with Gasteiger partial charge in [-0.05, 0) is 194 Å². The van der Waals surface area contributed by atoms with E-state index in [1.165, 1.54) is 19.3 Å². The Hall–Kier alpha value is -9.60. The number of ether oxygens (including phenoxy) is 4. The van der Waals surface area contributed by atoms with Crippen LogP contribution in [0.25, 0.3) is 34.9 Å². The molecule has 3 unspecified atom stereocenters. The van der Waals surface area contributed by atoms with Gasteiger partial charge in [-0.3, -0.25) is 29.7 Å². The smallest absolute Gasteiger partial charge is 0.410 e. The van der Waals surface area contributed by atoms with Crippen LogP contribution < -0.4 is 10.6 Å². The predicted octanol–water partition coefficient (Wildman–Crippen LogP) is 15.7. The first-order valence-corrected chi connectivity index (χ1v) is 41.2. The molecule has 0 radical (unpaired) electrons. The van der Waals surface area contributed by atoms with E-state index in [0.29, 0.717) is 73.5 Å². The minimum Gasteiger partial charge on any atom is -0.444 e. The van der Waals surface area contributed by atoms with Gasteiger partial charge in [0.05, 0.1) is 89.9 Å². The van der Waals surface area contributed by atoms with E-state index in [2.05, 4.69) is 94.9 Å². The number of aromatic nitrogens is 9. The first-order chi connectivity index (χ1) is 55.8. The summed E-state index contributed by atoms with van der Waals surface area (Å²) < 4.78 is 29.8. The highest BCUT2D eigenvalue weighted by molar-refractivity contribution is 6.31. The van der Waals surface area contributed by atoms with Gasteiger partial charge in [-0.2, -0.15) is 0 Å². The fraction of sp³-hybridized carbons (Fsp3) is 0.427. The van der Waals surface area contributed by atoms with Gasteiger partial charge in [0, 0.05) is 166 Å². The third-order valence-corrected chi connectivity index (χ3v) is 23.5. The summed E-state index contributed by atoms with van der Waals surface area (Å²) in [5, 5.41) is 8.36. The molecule has 0 spiro atoms. The molecule has 6 aromatic heterocycles. The van der Waals surface area contributed by atoms with Crippen molar-refractivity contribution in [3.05, 3.63) is 246 Å². The lowest BCUT2D eigenvalue weighted by atomic mass is 9.91. The summed E-state index contributed by atoms with van der Waals surface area (Å²) >= 11 is 19.8. The molecule has 4 fully saturated rings. The Morgan fingerprint density at radius 3 is 1.09 bits per heavy atom. The second-order valence-electron chi connectivity index (χ2n) is 32.8. The van der Waals surface area contributed by atoms with Gasteiger partial charge >= 0.3 is 18.2 Å². The van der Waals surface area contributed by atoms with Crippen molar-refractivity contribution in [3.63, 3.8) is 0 Å². The van der Waals surface area contributed by atoms with Crippen LogP contribution in [0.3, 0.4) is 0 Å².